The molecule has 2 aliphatic rings. The summed E-state index contributed by atoms with van der Waals surface area (Å²) in [5.74, 6) is 0.237. The molecule has 194 valence electrons. The number of pyridine rings is 1. The molecule has 10 heteroatoms. The lowest BCUT2D eigenvalue weighted by Gasteiger charge is -2.29. The van der Waals surface area contributed by atoms with Crippen molar-refractivity contribution in [2.75, 3.05) is 5.32 Å². The number of hydrogen-bond donors (Lipinski definition) is 3. The fraction of sp³-hybridized carbons (Fsp3) is 0.250. The van der Waals surface area contributed by atoms with E-state index in [-0.39, 0.29) is 24.8 Å². The van der Waals surface area contributed by atoms with E-state index in [1.165, 1.54) is 4.90 Å². The molecule has 10 nitrogen and oxygen atoms in total. The summed E-state index contributed by atoms with van der Waals surface area (Å²) in [5.41, 5.74) is 1.91. The molecule has 0 saturated carbocycles. The van der Waals surface area contributed by atoms with Gasteiger partial charge >= 0.3 is 6.03 Å². The van der Waals surface area contributed by atoms with Gasteiger partial charge in [-0.05, 0) is 73.9 Å². The van der Waals surface area contributed by atoms with Crippen LogP contribution < -0.4 is 20.7 Å². The monoisotopic (exact) mass is 513 g/mol. The predicted molar refractivity (Wildman–Crippen MR) is 138 cm³/mol. The van der Waals surface area contributed by atoms with Gasteiger partial charge in [0.2, 0.25) is 11.8 Å². The number of aromatic nitrogens is 1. The van der Waals surface area contributed by atoms with Gasteiger partial charge in [0, 0.05) is 30.4 Å². The number of amides is 5. The Morgan fingerprint density at radius 3 is 2.58 bits per heavy atom. The normalized spacial score (nSPS) is 17.1. The van der Waals surface area contributed by atoms with E-state index >= 15 is 0 Å². The van der Waals surface area contributed by atoms with E-state index in [1.54, 1.807) is 36.7 Å². The highest BCUT2D eigenvalue weighted by Crippen LogP contribution is 2.30. The van der Waals surface area contributed by atoms with Crippen molar-refractivity contribution < 1.29 is 23.9 Å². The number of nitrogens with one attached hydrogen (secondary N) is 3. The molecule has 0 aliphatic carbocycles. The first-order chi connectivity index (χ1) is 18.2. The number of urea groups is 1. The van der Waals surface area contributed by atoms with E-state index in [9.17, 15) is 19.2 Å². The Hall–Kier alpha value is -4.73. The first kappa shape index (κ1) is 24.9. The maximum absolute atomic E-state index is 12.9. The van der Waals surface area contributed by atoms with Crippen molar-refractivity contribution in [3.05, 3.63) is 83.7 Å². The molecule has 0 spiro atoms. The van der Waals surface area contributed by atoms with Crippen LogP contribution in [0.5, 0.6) is 11.5 Å². The van der Waals surface area contributed by atoms with Crippen molar-refractivity contribution in [1.29, 1.82) is 0 Å². The van der Waals surface area contributed by atoms with Crippen LogP contribution in [-0.2, 0) is 21.7 Å². The van der Waals surface area contributed by atoms with E-state index < -0.39 is 23.5 Å². The zero-order valence-corrected chi connectivity index (χ0v) is 21.0. The summed E-state index contributed by atoms with van der Waals surface area (Å²) in [6, 6.07) is 15.0. The third-order valence-electron chi connectivity index (χ3n) is 6.65. The van der Waals surface area contributed by atoms with Crippen molar-refractivity contribution in [2.45, 2.75) is 44.8 Å². The number of imide groups is 1. The Labute approximate surface area is 219 Å². The zero-order valence-electron chi connectivity index (χ0n) is 21.0. The second-order valence-corrected chi connectivity index (χ2v) is 9.79. The van der Waals surface area contributed by atoms with Gasteiger partial charge < -0.3 is 20.3 Å². The molecular weight excluding hydrogens is 486 g/mol. The Kier molecular flexibility index (Phi) is 6.54. The minimum absolute atomic E-state index is 0.194. The Bertz CT molecular complexity index is 1400. The molecule has 38 heavy (non-hydrogen) atoms. The van der Waals surface area contributed by atoms with Crippen LogP contribution in [0.3, 0.4) is 0 Å². The molecular formula is C28H27N5O5. The number of ether oxygens (including phenoxy) is 1. The molecule has 3 N–H and O–H groups in total. The molecule has 1 aromatic heterocycles. The Balaban J connectivity index is 1.21. The number of piperidine rings is 1. The highest BCUT2D eigenvalue weighted by atomic mass is 16.5. The van der Waals surface area contributed by atoms with Gasteiger partial charge in [-0.2, -0.15) is 0 Å². The number of rotatable bonds is 6. The lowest BCUT2D eigenvalue weighted by Crippen LogP contribution is -2.52. The molecule has 2 aromatic carbocycles. The number of carbonyl (C=O) groups excluding carboxylic acids is 4. The van der Waals surface area contributed by atoms with E-state index in [4.69, 9.17) is 4.74 Å². The largest absolute Gasteiger partial charge is 0.456 e. The quantitative estimate of drug-likeness (QED) is 0.431. The van der Waals surface area contributed by atoms with Gasteiger partial charge in [-0.25, -0.2) is 4.79 Å². The first-order valence-electron chi connectivity index (χ1n) is 12.2. The third-order valence-corrected chi connectivity index (χ3v) is 6.65. The van der Waals surface area contributed by atoms with Gasteiger partial charge in [0.25, 0.3) is 5.91 Å². The highest BCUT2D eigenvalue weighted by molar-refractivity contribution is 6.05. The number of nitrogens with zero attached hydrogens (tertiary/aromatic N) is 2. The summed E-state index contributed by atoms with van der Waals surface area (Å²) in [4.78, 5) is 54.9. The van der Waals surface area contributed by atoms with Crippen molar-refractivity contribution in [3.63, 3.8) is 0 Å². The van der Waals surface area contributed by atoms with Gasteiger partial charge in [0.1, 0.15) is 17.5 Å². The molecule has 3 heterocycles. The number of carbonyl (C=O) groups is 4. The van der Waals surface area contributed by atoms with Crippen LogP contribution in [-0.4, -0.2) is 39.7 Å². The molecule has 3 aromatic rings. The summed E-state index contributed by atoms with van der Waals surface area (Å²) in [6.45, 7) is 4.02. The van der Waals surface area contributed by atoms with Crippen molar-refractivity contribution in [1.82, 2.24) is 20.5 Å². The van der Waals surface area contributed by atoms with Crippen LogP contribution in [0.1, 0.15) is 48.2 Å². The van der Waals surface area contributed by atoms with E-state index in [1.807, 2.05) is 44.2 Å². The summed E-state index contributed by atoms with van der Waals surface area (Å²) in [6.07, 6.45) is 3.79. The third kappa shape index (κ3) is 5.19. The van der Waals surface area contributed by atoms with Crippen LogP contribution in [0.25, 0.3) is 0 Å². The van der Waals surface area contributed by atoms with Gasteiger partial charge in [-0.15, -0.1) is 0 Å². The van der Waals surface area contributed by atoms with Crippen LogP contribution in [0.2, 0.25) is 0 Å². The van der Waals surface area contributed by atoms with Crippen LogP contribution in [0.4, 0.5) is 10.5 Å². The lowest BCUT2D eigenvalue weighted by atomic mass is 9.94. The highest BCUT2D eigenvalue weighted by Gasteiger charge is 2.39. The molecule has 5 rings (SSSR count). The van der Waals surface area contributed by atoms with Crippen molar-refractivity contribution >= 4 is 29.4 Å². The predicted octanol–water partition coefficient (Wildman–Crippen LogP) is 3.69. The molecule has 0 radical (unpaired) electrons. The minimum Gasteiger partial charge on any atom is -0.456 e. The van der Waals surface area contributed by atoms with Crippen molar-refractivity contribution in [3.8, 4) is 11.5 Å². The van der Waals surface area contributed by atoms with Crippen LogP contribution in [0.15, 0.2) is 67.0 Å². The van der Waals surface area contributed by atoms with Gasteiger partial charge in [0.05, 0.1) is 11.7 Å². The molecule has 2 aliphatic heterocycles. The Morgan fingerprint density at radius 2 is 1.87 bits per heavy atom. The zero-order chi connectivity index (χ0) is 26.9. The number of fused-ring (bicyclic) bond motifs is 1. The number of benzene rings is 2. The molecule has 5 amide bonds. The smallest absolute Gasteiger partial charge is 0.319 e. The summed E-state index contributed by atoms with van der Waals surface area (Å²) < 4.78 is 5.78. The second kappa shape index (κ2) is 9.97. The first-order valence-corrected chi connectivity index (χ1v) is 12.2. The van der Waals surface area contributed by atoms with E-state index in [2.05, 4.69) is 20.9 Å². The molecule has 0 bridgehead atoms. The topological polar surface area (TPSA) is 130 Å². The van der Waals surface area contributed by atoms with E-state index in [0.717, 1.165) is 5.56 Å². The summed E-state index contributed by atoms with van der Waals surface area (Å²) in [7, 11) is 0. The molecule has 1 atom stereocenters. The van der Waals surface area contributed by atoms with Gasteiger partial charge in [0.15, 0.2) is 0 Å². The van der Waals surface area contributed by atoms with Crippen molar-refractivity contribution in [2.24, 2.45) is 0 Å². The SMILES string of the molecule is CC(C)(NC(=O)Nc1ccc2c(c1)CN(C1CCC(=O)NC1=O)C2=O)c1ccc(Oc2cccnc2)cc1. The molecule has 1 unspecified atom stereocenters. The number of hydrogen-bond acceptors (Lipinski definition) is 6. The molecule has 1 saturated heterocycles. The minimum atomic E-state index is -0.688. The van der Waals surface area contributed by atoms with Crippen LogP contribution in [0, 0.1) is 0 Å². The summed E-state index contributed by atoms with van der Waals surface area (Å²) in [5, 5.41) is 8.10. The fourth-order valence-corrected chi connectivity index (χ4v) is 4.65. The van der Waals surface area contributed by atoms with Gasteiger partial charge in [-0.3, -0.25) is 24.7 Å². The summed E-state index contributed by atoms with van der Waals surface area (Å²) >= 11 is 0. The maximum atomic E-state index is 12.9. The van der Waals surface area contributed by atoms with Gasteiger partial charge in [-0.1, -0.05) is 12.1 Å². The lowest BCUT2D eigenvalue weighted by molar-refractivity contribution is -0.136. The van der Waals surface area contributed by atoms with E-state index in [0.29, 0.717) is 34.7 Å². The standard InChI is InChI=1S/C28H27N5O5/c1-28(2,18-5-8-20(9-6-18)38-21-4-3-13-29-15-21)32-27(37)30-19-7-10-22-17(14-19)16-33(26(22)36)23-11-12-24(34)31-25(23)35/h3-10,13-15,23H,11-12,16H2,1-2H3,(H2,30,32,37)(H,31,34,35). The fourth-order valence-electron chi connectivity index (χ4n) is 4.65. The maximum Gasteiger partial charge on any atom is 0.319 e. The average molecular weight is 514 g/mol. The Morgan fingerprint density at radius 1 is 1.08 bits per heavy atom. The van der Waals surface area contributed by atoms with Crippen LogP contribution >= 0.6 is 0 Å². The molecule has 1 fully saturated rings. The number of anilines is 1. The second-order valence-electron chi connectivity index (χ2n) is 9.79. The average Bonchev–Trinajstić information content (AvgIpc) is 3.20.